The van der Waals surface area contributed by atoms with E-state index in [4.69, 9.17) is 0 Å². The van der Waals surface area contributed by atoms with Crippen LogP contribution in [0.15, 0.2) is 16.7 Å². The molecule has 0 aliphatic heterocycles. The number of guanidine groups is 1. The summed E-state index contributed by atoms with van der Waals surface area (Å²) in [7, 11) is 3.87. The molecule has 22 heavy (non-hydrogen) atoms. The molecule has 7 nitrogen and oxygen atoms in total. The molecule has 0 aliphatic carbocycles. The van der Waals surface area contributed by atoms with Gasteiger partial charge in [0.15, 0.2) is 5.96 Å². The van der Waals surface area contributed by atoms with E-state index in [1.165, 1.54) is 0 Å². The first-order valence-corrected chi connectivity index (χ1v) is 7.71. The molecular formula is C13H22IN7S. The van der Waals surface area contributed by atoms with Gasteiger partial charge in [0.25, 0.3) is 0 Å². The summed E-state index contributed by atoms with van der Waals surface area (Å²) >= 11 is 1.67. The van der Waals surface area contributed by atoms with Gasteiger partial charge in [-0.05, 0) is 13.8 Å². The fourth-order valence-electron chi connectivity index (χ4n) is 1.88. The minimum absolute atomic E-state index is 0. The molecule has 2 rings (SSSR count). The van der Waals surface area contributed by atoms with Crippen LogP contribution < -0.4 is 5.32 Å². The highest BCUT2D eigenvalue weighted by molar-refractivity contribution is 14.0. The van der Waals surface area contributed by atoms with Gasteiger partial charge in [-0.3, -0.25) is 4.68 Å². The van der Waals surface area contributed by atoms with E-state index in [9.17, 15) is 0 Å². The first-order valence-electron chi connectivity index (χ1n) is 6.83. The molecule has 0 saturated carbocycles. The topological polar surface area (TPSA) is 71.2 Å². The predicted molar refractivity (Wildman–Crippen MR) is 99.6 cm³/mol. The Bertz CT molecular complexity index is 607. The van der Waals surface area contributed by atoms with Crippen molar-refractivity contribution in [3.63, 3.8) is 0 Å². The van der Waals surface area contributed by atoms with Crippen LogP contribution in [-0.4, -0.2) is 44.2 Å². The van der Waals surface area contributed by atoms with Gasteiger partial charge < -0.3 is 10.2 Å². The molecule has 0 aliphatic rings. The second kappa shape index (κ2) is 9.03. The van der Waals surface area contributed by atoms with Crippen LogP contribution >= 0.6 is 35.3 Å². The number of aromatic nitrogens is 4. The lowest BCUT2D eigenvalue weighted by Crippen LogP contribution is -2.38. The first-order chi connectivity index (χ1) is 10.1. The number of hydrogen-bond donors (Lipinski definition) is 1. The van der Waals surface area contributed by atoms with E-state index < -0.39 is 0 Å². The minimum atomic E-state index is 0. The lowest BCUT2D eigenvalue weighted by Gasteiger charge is -2.21. The Morgan fingerprint density at radius 2 is 2.27 bits per heavy atom. The monoisotopic (exact) mass is 435 g/mol. The molecule has 0 atom stereocenters. The molecule has 2 aromatic heterocycles. The summed E-state index contributed by atoms with van der Waals surface area (Å²) in [6, 6.07) is 0. The number of hydrogen-bond acceptors (Lipinski definition) is 5. The standard InChI is InChI=1S/C13H21N7S.HI/c1-5-14-13(15-6-12-16-9-17-20(12)4)19(3)7-11-8-21-10(2)18-11;/h8-9H,5-7H2,1-4H3,(H,14,15);1H. The Morgan fingerprint density at radius 3 is 2.82 bits per heavy atom. The van der Waals surface area contributed by atoms with Gasteiger partial charge in [-0.2, -0.15) is 5.10 Å². The summed E-state index contributed by atoms with van der Waals surface area (Å²) in [5.41, 5.74) is 1.06. The predicted octanol–water partition coefficient (Wildman–Crippen LogP) is 1.80. The van der Waals surface area contributed by atoms with Gasteiger partial charge >= 0.3 is 0 Å². The maximum absolute atomic E-state index is 4.60. The lowest BCUT2D eigenvalue weighted by molar-refractivity contribution is 0.470. The van der Waals surface area contributed by atoms with Crippen LogP contribution in [0.4, 0.5) is 0 Å². The van der Waals surface area contributed by atoms with Crippen molar-refractivity contribution in [1.29, 1.82) is 0 Å². The van der Waals surface area contributed by atoms with Gasteiger partial charge in [-0.15, -0.1) is 35.3 Å². The summed E-state index contributed by atoms with van der Waals surface area (Å²) < 4.78 is 1.73. The summed E-state index contributed by atoms with van der Waals surface area (Å²) in [5.74, 6) is 1.68. The molecule has 0 saturated heterocycles. The molecule has 2 heterocycles. The molecule has 0 unspecified atom stereocenters. The van der Waals surface area contributed by atoms with E-state index in [1.54, 1.807) is 22.3 Å². The maximum atomic E-state index is 4.60. The van der Waals surface area contributed by atoms with Crippen LogP contribution in [0.2, 0.25) is 0 Å². The quantitative estimate of drug-likeness (QED) is 0.441. The third-order valence-corrected chi connectivity index (χ3v) is 3.76. The normalized spacial score (nSPS) is 11.2. The van der Waals surface area contributed by atoms with Crippen LogP contribution in [0.25, 0.3) is 0 Å². The average molecular weight is 435 g/mol. The van der Waals surface area contributed by atoms with Gasteiger partial charge in [0, 0.05) is 26.0 Å². The summed E-state index contributed by atoms with van der Waals surface area (Å²) in [6.45, 7) is 6.12. The van der Waals surface area contributed by atoms with Crippen molar-refractivity contribution in [2.24, 2.45) is 12.0 Å². The van der Waals surface area contributed by atoms with Gasteiger partial charge in [0.2, 0.25) is 0 Å². The molecule has 9 heteroatoms. The summed E-state index contributed by atoms with van der Waals surface area (Å²) in [4.78, 5) is 15.3. The van der Waals surface area contributed by atoms with E-state index in [1.807, 2.05) is 21.0 Å². The van der Waals surface area contributed by atoms with E-state index in [0.29, 0.717) is 6.54 Å². The van der Waals surface area contributed by atoms with Crippen molar-refractivity contribution in [3.8, 4) is 0 Å². The molecular weight excluding hydrogens is 413 g/mol. The van der Waals surface area contributed by atoms with Crippen molar-refractivity contribution in [2.45, 2.75) is 26.9 Å². The van der Waals surface area contributed by atoms with Gasteiger partial charge in [0.1, 0.15) is 18.7 Å². The molecule has 2 aromatic rings. The number of aliphatic imine (C=N–C) groups is 1. The van der Waals surface area contributed by atoms with E-state index in [-0.39, 0.29) is 24.0 Å². The van der Waals surface area contributed by atoms with Crippen molar-refractivity contribution in [2.75, 3.05) is 13.6 Å². The Labute approximate surface area is 151 Å². The van der Waals surface area contributed by atoms with Crippen molar-refractivity contribution in [3.05, 3.63) is 28.2 Å². The maximum Gasteiger partial charge on any atom is 0.194 e. The smallest absolute Gasteiger partial charge is 0.194 e. The molecule has 1 N–H and O–H groups in total. The fraction of sp³-hybridized carbons (Fsp3) is 0.538. The Morgan fingerprint density at radius 1 is 1.50 bits per heavy atom. The van der Waals surface area contributed by atoms with E-state index >= 15 is 0 Å². The third-order valence-electron chi connectivity index (χ3n) is 2.94. The second-order valence-corrected chi connectivity index (χ2v) is 5.75. The van der Waals surface area contributed by atoms with Gasteiger partial charge in [-0.1, -0.05) is 0 Å². The Hall–Kier alpha value is -1.23. The largest absolute Gasteiger partial charge is 0.357 e. The highest BCUT2D eigenvalue weighted by Crippen LogP contribution is 2.10. The molecule has 0 radical (unpaired) electrons. The number of nitrogens with zero attached hydrogens (tertiary/aromatic N) is 6. The van der Waals surface area contributed by atoms with Crippen molar-refractivity contribution in [1.82, 2.24) is 30.0 Å². The molecule has 0 amide bonds. The lowest BCUT2D eigenvalue weighted by atomic mass is 10.4. The molecule has 0 bridgehead atoms. The number of aryl methyl sites for hydroxylation is 2. The number of thiazole rings is 1. The van der Waals surface area contributed by atoms with Crippen molar-refractivity contribution >= 4 is 41.3 Å². The molecule has 0 aromatic carbocycles. The highest BCUT2D eigenvalue weighted by atomic mass is 127. The Kier molecular flexibility index (Phi) is 7.73. The third kappa shape index (κ3) is 5.20. The molecule has 122 valence electrons. The zero-order valence-corrected chi connectivity index (χ0v) is 16.4. The minimum Gasteiger partial charge on any atom is -0.357 e. The number of nitrogens with one attached hydrogen (secondary N) is 1. The summed E-state index contributed by atoms with van der Waals surface area (Å²) in [6.07, 6.45) is 1.54. The first kappa shape index (κ1) is 18.8. The SMILES string of the molecule is CCNC(=NCc1ncnn1C)N(C)Cc1csc(C)n1.I. The Balaban J connectivity index is 0.00000242. The molecule has 0 fully saturated rings. The van der Waals surface area contributed by atoms with Crippen molar-refractivity contribution < 1.29 is 0 Å². The van der Waals surface area contributed by atoms with Crippen LogP contribution in [0, 0.1) is 6.92 Å². The van der Waals surface area contributed by atoms with Gasteiger partial charge in [0.05, 0.1) is 17.2 Å². The van der Waals surface area contributed by atoms with Crippen LogP contribution in [0.1, 0.15) is 23.4 Å². The summed E-state index contributed by atoms with van der Waals surface area (Å²) in [5, 5.41) is 10.5. The fourth-order valence-corrected chi connectivity index (χ4v) is 2.48. The van der Waals surface area contributed by atoms with Crippen LogP contribution in [0.5, 0.6) is 0 Å². The van der Waals surface area contributed by atoms with Crippen LogP contribution in [0.3, 0.4) is 0 Å². The number of rotatable bonds is 5. The van der Waals surface area contributed by atoms with E-state index in [0.717, 1.165) is 35.6 Å². The molecule has 0 spiro atoms. The number of halogens is 1. The zero-order chi connectivity index (χ0) is 15.2. The van der Waals surface area contributed by atoms with Gasteiger partial charge in [-0.25, -0.2) is 15.0 Å². The highest BCUT2D eigenvalue weighted by Gasteiger charge is 2.09. The van der Waals surface area contributed by atoms with Crippen LogP contribution in [-0.2, 0) is 20.1 Å². The zero-order valence-electron chi connectivity index (χ0n) is 13.3. The van der Waals surface area contributed by atoms with E-state index in [2.05, 4.69) is 42.6 Å². The second-order valence-electron chi connectivity index (χ2n) is 4.68. The average Bonchev–Trinajstić information content (AvgIpc) is 3.03.